The number of esters is 1. The van der Waals surface area contributed by atoms with Crippen LogP contribution in [0.5, 0.6) is 5.75 Å². The van der Waals surface area contributed by atoms with Gasteiger partial charge in [0.25, 0.3) is 0 Å². The fourth-order valence-corrected chi connectivity index (χ4v) is 4.28. The van der Waals surface area contributed by atoms with Crippen molar-refractivity contribution in [3.63, 3.8) is 0 Å². The van der Waals surface area contributed by atoms with Gasteiger partial charge in [0.15, 0.2) is 5.58 Å². The molecular weight excluding hydrogens is 450 g/mol. The molecule has 4 aromatic carbocycles. The Morgan fingerprint density at radius 2 is 1.61 bits per heavy atom. The van der Waals surface area contributed by atoms with E-state index in [4.69, 9.17) is 18.9 Å². The topological polar surface area (TPSA) is 61.6 Å². The first-order chi connectivity index (χ1) is 17.7. The number of unbranched alkanes of at least 4 members (excludes halogenated alkanes) is 2. The Kier molecular flexibility index (Phi) is 7.27. The van der Waals surface area contributed by atoms with Crippen molar-refractivity contribution in [1.82, 2.24) is 4.98 Å². The number of benzene rings is 4. The summed E-state index contributed by atoms with van der Waals surface area (Å²) in [7, 11) is 0. The van der Waals surface area contributed by atoms with Crippen LogP contribution in [0.3, 0.4) is 0 Å². The number of rotatable bonds is 10. The van der Waals surface area contributed by atoms with Gasteiger partial charge in [0.2, 0.25) is 5.89 Å². The smallest absolute Gasteiger partial charge is 0.305 e. The van der Waals surface area contributed by atoms with Crippen LogP contribution in [0.2, 0.25) is 0 Å². The minimum Gasteiger partial charge on any atom is -0.494 e. The van der Waals surface area contributed by atoms with E-state index in [1.165, 1.54) is 0 Å². The molecule has 0 radical (unpaired) electrons. The second-order valence-corrected chi connectivity index (χ2v) is 8.76. The summed E-state index contributed by atoms with van der Waals surface area (Å²) in [6, 6.07) is 28.7. The van der Waals surface area contributed by atoms with E-state index in [9.17, 15) is 4.79 Å². The molecule has 0 aliphatic heterocycles. The van der Waals surface area contributed by atoms with Crippen molar-refractivity contribution >= 4 is 27.8 Å². The number of nitrogens with zero attached hydrogens (tertiary/aromatic N) is 1. The average Bonchev–Trinajstić information content (AvgIpc) is 3.34. The van der Waals surface area contributed by atoms with Crippen LogP contribution in [0.25, 0.3) is 44.5 Å². The number of oxazole rings is 1. The third-order valence-electron chi connectivity index (χ3n) is 6.15. The van der Waals surface area contributed by atoms with Crippen molar-refractivity contribution in [1.29, 1.82) is 0 Å². The summed E-state index contributed by atoms with van der Waals surface area (Å²) in [6.45, 7) is 2.89. The molecule has 0 N–H and O–H groups in total. The SMILES string of the molecule is CCOC(=O)CCCCCOc1ccc2cc(-c3nc4cc(-c5ccccc5)ccc4o3)ccc2c1. The van der Waals surface area contributed by atoms with Crippen molar-refractivity contribution in [2.75, 3.05) is 13.2 Å². The largest absolute Gasteiger partial charge is 0.494 e. The molecule has 1 aromatic heterocycles. The third kappa shape index (κ3) is 5.57. The lowest BCUT2D eigenvalue weighted by Gasteiger charge is -2.08. The van der Waals surface area contributed by atoms with E-state index in [0.717, 1.165) is 63.6 Å². The molecule has 1 heterocycles. The summed E-state index contributed by atoms with van der Waals surface area (Å²) in [5.41, 5.74) is 4.83. The van der Waals surface area contributed by atoms with Crippen LogP contribution in [0, 0.1) is 0 Å². The Hall–Kier alpha value is -4.12. The molecule has 0 saturated heterocycles. The molecule has 0 saturated carbocycles. The van der Waals surface area contributed by atoms with Gasteiger partial charge in [-0.2, -0.15) is 0 Å². The van der Waals surface area contributed by atoms with Gasteiger partial charge in [0.05, 0.1) is 13.2 Å². The highest BCUT2D eigenvalue weighted by Gasteiger charge is 2.11. The van der Waals surface area contributed by atoms with Gasteiger partial charge in [0.1, 0.15) is 11.3 Å². The Morgan fingerprint density at radius 3 is 2.47 bits per heavy atom. The molecule has 5 heteroatoms. The third-order valence-corrected chi connectivity index (χ3v) is 6.15. The van der Waals surface area contributed by atoms with Gasteiger partial charge in [-0.3, -0.25) is 4.79 Å². The summed E-state index contributed by atoms with van der Waals surface area (Å²) < 4.78 is 16.9. The van der Waals surface area contributed by atoms with Gasteiger partial charge in [-0.05, 0) is 84.5 Å². The molecule has 36 heavy (non-hydrogen) atoms. The van der Waals surface area contributed by atoms with E-state index in [-0.39, 0.29) is 5.97 Å². The second kappa shape index (κ2) is 11.1. The summed E-state index contributed by atoms with van der Waals surface area (Å²) in [5, 5.41) is 2.20. The number of aromatic nitrogens is 1. The van der Waals surface area contributed by atoms with Crippen LogP contribution in [0.15, 0.2) is 89.3 Å². The van der Waals surface area contributed by atoms with Crippen LogP contribution in [0.1, 0.15) is 32.6 Å². The molecule has 0 aliphatic rings. The number of carbonyl (C=O) groups is 1. The van der Waals surface area contributed by atoms with Crippen molar-refractivity contribution < 1.29 is 18.7 Å². The second-order valence-electron chi connectivity index (χ2n) is 8.76. The van der Waals surface area contributed by atoms with Crippen LogP contribution in [0.4, 0.5) is 0 Å². The van der Waals surface area contributed by atoms with Crippen LogP contribution >= 0.6 is 0 Å². The predicted molar refractivity (Wildman–Crippen MR) is 143 cm³/mol. The average molecular weight is 480 g/mol. The maximum Gasteiger partial charge on any atom is 0.305 e. The van der Waals surface area contributed by atoms with E-state index < -0.39 is 0 Å². The maximum atomic E-state index is 11.4. The molecule has 0 fully saturated rings. The van der Waals surface area contributed by atoms with Gasteiger partial charge in [-0.1, -0.05) is 48.5 Å². The van der Waals surface area contributed by atoms with E-state index in [2.05, 4.69) is 48.5 Å². The molecule has 5 rings (SSSR count). The fourth-order valence-electron chi connectivity index (χ4n) is 4.28. The van der Waals surface area contributed by atoms with Crippen LogP contribution in [-0.2, 0) is 9.53 Å². The highest BCUT2D eigenvalue weighted by atomic mass is 16.5. The minimum atomic E-state index is -0.123. The molecule has 0 aliphatic carbocycles. The van der Waals surface area contributed by atoms with Crippen LogP contribution in [-0.4, -0.2) is 24.2 Å². The molecule has 5 nitrogen and oxygen atoms in total. The van der Waals surface area contributed by atoms with E-state index >= 15 is 0 Å². The van der Waals surface area contributed by atoms with Crippen LogP contribution < -0.4 is 4.74 Å². The molecular formula is C31H29NO4. The molecule has 0 bridgehead atoms. The number of ether oxygens (including phenoxy) is 2. The number of fused-ring (bicyclic) bond motifs is 2. The van der Waals surface area contributed by atoms with Gasteiger partial charge < -0.3 is 13.9 Å². The lowest BCUT2D eigenvalue weighted by molar-refractivity contribution is -0.143. The maximum absolute atomic E-state index is 11.4. The number of carbonyl (C=O) groups excluding carboxylic acids is 1. The molecule has 0 spiro atoms. The normalized spacial score (nSPS) is 11.1. The lowest BCUT2D eigenvalue weighted by Crippen LogP contribution is -2.04. The molecule has 182 valence electrons. The highest BCUT2D eigenvalue weighted by molar-refractivity contribution is 5.89. The first-order valence-corrected chi connectivity index (χ1v) is 12.5. The molecule has 5 aromatic rings. The lowest BCUT2D eigenvalue weighted by atomic mass is 10.1. The molecule has 0 amide bonds. The van der Waals surface area contributed by atoms with Gasteiger partial charge in [0, 0.05) is 12.0 Å². The van der Waals surface area contributed by atoms with E-state index in [0.29, 0.717) is 25.5 Å². The zero-order valence-electron chi connectivity index (χ0n) is 20.4. The number of hydrogen-bond donors (Lipinski definition) is 0. The van der Waals surface area contributed by atoms with Gasteiger partial charge in [-0.15, -0.1) is 0 Å². The predicted octanol–water partition coefficient (Wildman–Crippen LogP) is 7.82. The van der Waals surface area contributed by atoms with Crippen molar-refractivity contribution in [2.24, 2.45) is 0 Å². The van der Waals surface area contributed by atoms with Gasteiger partial charge >= 0.3 is 5.97 Å². The zero-order valence-corrected chi connectivity index (χ0v) is 20.4. The summed E-state index contributed by atoms with van der Waals surface area (Å²) >= 11 is 0. The van der Waals surface area contributed by atoms with Crippen molar-refractivity contribution in [2.45, 2.75) is 32.6 Å². The minimum absolute atomic E-state index is 0.123. The Morgan fingerprint density at radius 1 is 0.806 bits per heavy atom. The summed E-state index contributed by atoms with van der Waals surface area (Å²) in [4.78, 5) is 16.1. The molecule has 0 atom stereocenters. The van der Waals surface area contributed by atoms with E-state index in [1.807, 2.05) is 43.3 Å². The monoisotopic (exact) mass is 479 g/mol. The molecule has 0 unspecified atom stereocenters. The summed E-state index contributed by atoms with van der Waals surface area (Å²) in [6.07, 6.45) is 3.14. The van der Waals surface area contributed by atoms with Crippen molar-refractivity contribution in [3.05, 3.63) is 84.9 Å². The number of hydrogen-bond acceptors (Lipinski definition) is 5. The Balaban J connectivity index is 1.23. The first-order valence-electron chi connectivity index (χ1n) is 12.5. The van der Waals surface area contributed by atoms with Crippen molar-refractivity contribution in [3.8, 4) is 28.3 Å². The van der Waals surface area contributed by atoms with Gasteiger partial charge in [-0.25, -0.2) is 4.98 Å². The quantitative estimate of drug-likeness (QED) is 0.151. The first kappa shape index (κ1) is 23.6. The fraction of sp³-hybridized carbons (Fsp3) is 0.226. The zero-order chi connectivity index (χ0) is 24.7. The highest BCUT2D eigenvalue weighted by Crippen LogP contribution is 2.31. The Labute approximate surface area is 210 Å². The van der Waals surface area contributed by atoms with E-state index in [1.54, 1.807) is 0 Å². The Bertz CT molecular complexity index is 1470. The standard InChI is InChI=1S/C31H29NO4/c1-2-34-30(33)11-7-4-8-18-35-27-16-14-23-19-26(13-12-24(23)20-27)31-32-28-21-25(15-17-29(28)36-31)22-9-5-3-6-10-22/h3,5-6,9-10,12-17,19-21H,2,4,7-8,11,18H2,1H3. The summed E-state index contributed by atoms with van der Waals surface area (Å²) in [5.74, 6) is 1.33.